The fourth-order valence-electron chi connectivity index (χ4n) is 3.37. The Morgan fingerprint density at radius 1 is 1.13 bits per heavy atom. The lowest BCUT2D eigenvalue weighted by atomic mass is 9.78. The molecule has 1 aromatic carbocycles. The molecule has 0 amide bonds. The fraction of sp³-hybridized carbons (Fsp3) is 0.364. The molecule has 0 bridgehead atoms. The standard InChI is InChI=1S/C22H23BFN3O4/c1-21(2)22(3,4)31-23(30-21)18-10-16(12-27-19(18)17(11-25)20(24)26-27)29-13-14-6-8-15(28-5)9-7-14/h6-10,12H,13H2,1-5H3. The zero-order valence-electron chi connectivity index (χ0n) is 18.1. The van der Waals surface area contributed by atoms with E-state index in [4.69, 9.17) is 18.8 Å². The van der Waals surface area contributed by atoms with Crippen LogP contribution in [0.4, 0.5) is 4.39 Å². The smallest absolute Gasteiger partial charge is 0.497 e. The number of hydrogen-bond acceptors (Lipinski definition) is 6. The Bertz CT molecular complexity index is 1150. The second kappa shape index (κ2) is 7.55. The number of nitriles is 1. The molecule has 1 aliphatic rings. The van der Waals surface area contributed by atoms with Crippen molar-refractivity contribution >= 4 is 18.1 Å². The number of hydrogen-bond donors (Lipinski definition) is 0. The van der Waals surface area contributed by atoms with Crippen molar-refractivity contribution in [3.63, 3.8) is 0 Å². The number of ether oxygens (including phenoxy) is 2. The van der Waals surface area contributed by atoms with E-state index in [1.165, 1.54) is 10.7 Å². The second-order valence-corrected chi connectivity index (χ2v) is 8.43. The lowest BCUT2D eigenvalue weighted by molar-refractivity contribution is 0.00578. The Balaban J connectivity index is 1.72. The van der Waals surface area contributed by atoms with Gasteiger partial charge in [0, 0.05) is 5.46 Å². The van der Waals surface area contributed by atoms with Crippen LogP contribution in [0.1, 0.15) is 38.8 Å². The lowest BCUT2D eigenvalue weighted by Crippen LogP contribution is -2.41. The van der Waals surface area contributed by atoms with Crippen LogP contribution >= 0.6 is 0 Å². The molecule has 0 unspecified atom stereocenters. The number of fused-ring (bicyclic) bond motifs is 1. The van der Waals surface area contributed by atoms with Crippen LogP contribution in [0.5, 0.6) is 11.5 Å². The van der Waals surface area contributed by atoms with Crippen LogP contribution in [0, 0.1) is 17.3 Å². The van der Waals surface area contributed by atoms with Crippen molar-refractivity contribution < 1.29 is 23.2 Å². The Kier molecular flexibility index (Phi) is 5.16. The van der Waals surface area contributed by atoms with Gasteiger partial charge in [-0.05, 0) is 51.5 Å². The van der Waals surface area contributed by atoms with Gasteiger partial charge < -0.3 is 18.8 Å². The van der Waals surface area contributed by atoms with Gasteiger partial charge in [-0.15, -0.1) is 5.10 Å². The number of halogens is 1. The van der Waals surface area contributed by atoms with E-state index in [0.717, 1.165) is 11.3 Å². The van der Waals surface area contributed by atoms with Gasteiger partial charge in [0.1, 0.15) is 29.7 Å². The van der Waals surface area contributed by atoms with Crippen LogP contribution in [-0.2, 0) is 15.9 Å². The van der Waals surface area contributed by atoms with E-state index in [-0.39, 0.29) is 12.2 Å². The first-order valence-electron chi connectivity index (χ1n) is 9.88. The maximum Gasteiger partial charge on any atom is 0.497 e. The van der Waals surface area contributed by atoms with Crippen molar-refractivity contribution in [3.05, 3.63) is 53.6 Å². The topological polar surface area (TPSA) is 78.0 Å². The van der Waals surface area contributed by atoms with Gasteiger partial charge in [0.25, 0.3) is 5.95 Å². The van der Waals surface area contributed by atoms with Crippen molar-refractivity contribution in [2.45, 2.75) is 45.5 Å². The number of nitrogens with zero attached hydrogens (tertiary/aromatic N) is 3. The van der Waals surface area contributed by atoms with Gasteiger partial charge in [-0.3, -0.25) is 0 Å². The van der Waals surface area contributed by atoms with Crippen molar-refractivity contribution in [2.24, 2.45) is 0 Å². The predicted octanol–water partition coefficient (Wildman–Crippen LogP) is 3.23. The fourth-order valence-corrected chi connectivity index (χ4v) is 3.37. The van der Waals surface area contributed by atoms with Crippen molar-refractivity contribution in [1.82, 2.24) is 9.61 Å². The van der Waals surface area contributed by atoms with Crippen LogP contribution in [0.2, 0.25) is 0 Å². The number of methoxy groups -OCH3 is 1. The minimum Gasteiger partial charge on any atom is -0.497 e. The van der Waals surface area contributed by atoms with E-state index < -0.39 is 24.3 Å². The largest absolute Gasteiger partial charge is 0.497 e. The summed E-state index contributed by atoms with van der Waals surface area (Å²) in [5.41, 5.74) is 0.364. The van der Waals surface area contributed by atoms with Gasteiger partial charge in [-0.25, -0.2) is 4.52 Å². The van der Waals surface area contributed by atoms with E-state index in [2.05, 4.69) is 5.10 Å². The Morgan fingerprint density at radius 3 is 2.35 bits per heavy atom. The third-order valence-electron chi connectivity index (χ3n) is 5.87. The monoisotopic (exact) mass is 423 g/mol. The molecule has 9 heteroatoms. The third kappa shape index (κ3) is 3.73. The summed E-state index contributed by atoms with van der Waals surface area (Å²) in [4.78, 5) is 0. The molecule has 7 nitrogen and oxygen atoms in total. The molecule has 160 valence electrons. The number of aromatic nitrogens is 2. The molecule has 1 fully saturated rings. The molecule has 1 saturated heterocycles. The van der Waals surface area contributed by atoms with Gasteiger partial charge in [0.15, 0.2) is 0 Å². The normalized spacial score (nSPS) is 17.0. The molecule has 0 radical (unpaired) electrons. The summed E-state index contributed by atoms with van der Waals surface area (Å²) >= 11 is 0. The number of rotatable bonds is 5. The first kappa shape index (κ1) is 21.2. The summed E-state index contributed by atoms with van der Waals surface area (Å²) in [6.07, 6.45) is 1.54. The maximum absolute atomic E-state index is 14.3. The van der Waals surface area contributed by atoms with Crippen LogP contribution in [-0.4, -0.2) is 35.0 Å². The van der Waals surface area contributed by atoms with Crippen LogP contribution in [0.15, 0.2) is 36.5 Å². The maximum atomic E-state index is 14.3. The molecule has 0 aliphatic carbocycles. The highest BCUT2D eigenvalue weighted by molar-refractivity contribution is 6.64. The lowest BCUT2D eigenvalue weighted by Gasteiger charge is -2.32. The molecule has 0 atom stereocenters. The zero-order chi connectivity index (χ0) is 22.4. The molecular weight excluding hydrogens is 400 g/mol. The highest BCUT2D eigenvalue weighted by Gasteiger charge is 2.52. The first-order valence-corrected chi connectivity index (χ1v) is 9.88. The number of benzene rings is 1. The van der Waals surface area contributed by atoms with Crippen LogP contribution in [0.25, 0.3) is 5.52 Å². The average molecular weight is 423 g/mol. The van der Waals surface area contributed by atoms with Gasteiger partial charge >= 0.3 is 7.12 Å². The summed E-state index contributed by atoms with van der Waals surface area (Å²) in [7, 11) is 0.803. The van der Waals surface area contributed by atoms with E-state index in [1.807, 2.05) is 58.0 Å². The van der Waals surface area contributed by atoms with Crippen molar-refractivity contribution in [2.75, 3.05) is 7.11 Å². The number of pyridine rings is 1. The molecule has 0 N–H and O–H groups in total. The van der Waals surface area contributed by atoms with Gasteiger partial charge in [-0.1, -0.05) is 12.1 Å². The van der Waals surface area contributed by atoms with Crippen LogP contribution < -0.4 is 14.9 Å². The summed E-state index contributed by atoms with van der Waals surface area (Å²) in [5, 5.41) is 13.3. The SMILES string of the molecule is COc1ccc(COc2cc(B3OC(C)(C)C(C)(C)O3)c3c(C#N)c(F)nn3c2)cc1. The molecule has 2 aromatic heterocycles. The molecule has 3 aromatic rings. The summed E-state index contributed by atoms with van der Waals surface area (Å²) in [6.45, 7) is 7.99. The Morgan fingerprint density at radius 2 is 1.77 bits per heavy atom. The molecule has 3 heterocycles. The molecule has 31 heavy (non-hydrogen) atoms. The molecule has 1 aliphatic heterocycles. The average Bonchev–Trinajstić information content (AvgIpc) is 3.16. The summed E-state index contributed by atoms with van der Waals surface area (Å²) < 4.78 is 39.0. The Labute approximate surface area is 180 Å². The first-order chi connectivity index (χ1) is 14.6. The van der Waals surface area contributed by atoms with Crippen LogP contribution in [0.3, 0.4) is 0 Å². The van der Waals surface area contributed by atoms with Gasteiger partial charge in [-0.2, -0.15) is 9.65 Å². The van der Waals surface area contributed by atoms with Gasteiger partial charge in [0.2, 0.25) is 0 Å². The zero-order valence-corrected chi connectivity index (χ0v) is 18.1. The molecule has 0 spiro atoms. The van der Waals surface area contributed by atoms with E-state index in [9.17, 15) is 9.65 Å². The molecule has 0 saturated carbocycles. The highest BCUT2D eigenvalue weighted by Crippen LogP contribution is 2.37. The van der Waals surface area contributed by atoms with E-state index in [1.54, 1.807) is 13.2 Å². The third-order valence-corrected chi connectivity index (χ3v) is 5.87. The minimum absolute atomic E-state index is 0.161. The Hall–Kier alpha value is -3.09. The molecule has 4 rings (SSSR count). The van der Waals surface area contributed by atoms with Crippen molar-refractivity contribution in [3.8, 4) is 17.6 Å². The molecular formula is C22H23BFN3O4. The second-order valence-electron chi connectivity index (χ2n) is 8.43. The van der Waals surface area contributed by atoms with E-state index in [0.29, 0.717) is 16.7 Å². The summed E-state index contributed by atoms with van der Waals surface area (Å²) in [5.74, 6) is 0.344. The van der Waals surface area contributed by atoms with Crippen molar-refractivity contribution in [1.29, 1.82) is 5.26 Å². The highest BCUT2D eigenvalue weighted by atomic mass is 19.1. The minimum atomic E-state index is -0.854. The quantitative estimate of drug-likeness (QED) is 0.587. The predicted molar refractivity (Wildman–Crippen MR) is 113 cm³/mol. The van der Waals surface area contributed by atoms with E-state index >= 15 is 0 Å². The van der Waals surface area contributed by atoms with Gasteiger partial charge in [0.05, 0.1) is 30.0 Å². The summed E-state index contributed by atoms with van der Waals surface area (Å²) in [6, 6.07) is 11.1.